The summed E-state index contributed by atoms with van der Waals surface area (Å²) < 4.78 is 5.33. The molecular formula is C17H15NO3S. The minimum Gasteiger partial charge on any atom is -0.457 e. The monoisotopic (exact) mass is 313 g/mol. The van der Waals surface area contributed by atoms with Gasteiger partial charge in [-0.25, -0.2) is 4.79 Å². The van der Waals surface area contributed by atoms with E-state index in [1.54, 1.807) is 12.1 Å². The predicted octanol–water partition coefficient (Wildman–Crippen LogP) is 3.40. The molecule has 2 aromatic carbocycles. The smallest absolute Gasteiger partial charge is 0.338 e. The molecule has 1 amide bonds. The second kappa shape index (κ2) is 6.23. The Balaban J connectivity index is 1.70. The zero-order chi connectivity index (χ0) is 15.5. The van der Waals surface area contributed by atoms with Gasteiger partial charge in [0.2, 0.25) is 5.91 Å². The minimum atomic E-state index is -0.394. The van der Waals surface area contributed by atoms with Crippen LogP contribution in [0.25, 0.3) is 0 Å². The molecule has 1 aliphatic rings. The molecule has 22 heavy (non-hydrogen) atoms. The zero-order valence-corrected chi connectivity index (χ0v) is 12.9. The van der Waals surface area contributed by atoms with Gasteiger partial charge in [-0.05, 0) is 30.7 Å². The quantitative estimate of drug-likeness (QED) is 0.883. The van der Waals surface area contributed by atoms with E-state index in [1.165, 1.54) is 11.8 Å². The number of carbonyl (C=O) groups excluding carboxylic acids is 2. The zero-order valence-electron chi connectivity index (χ0n) is 12.1. The number of rotatable bonds is 3. The van der Waals surface area contributed by atoms with E-state index in [4.69, 9.17) is 4.74 Å². The van der Waals surface area contributed by atoms with Gasteiger partial charge in [-0.15, -0.1) is 11.8 Å². The minimum absolute atomic E-state index is 0.0530. The SMILES string of the molecule is Cc1cccc(COC(=O)c2ccc3c(c2)NC(=O)CS3)c1. The van der Waals surface area contributed by atoms with E-state index >= 15 is 0 Å². The highest BCUT2D eigenvalue weighted by atomic mass is 32.2. The van der Waals surface area contributed by atoms with Gasteiger partial charge in [0.1, 0.15) is 6.61 Å². The van der Waals surface area contributed by atoms with Crippen LogP contribution in [0.1, 0.15) is 21.5 Å². The maximum atomic E-state index is 12.1. The van der Waals surface area contributed by atoms with Gasteiger partial charge in [0, 0.05) is 4.90 Å². The lowest BCUT2D eigenvalue weighted by molar-refractivity contribution is -0.113. The topological polar surface area (TPSA) is 55.4 Å². The van der Waals surface area contributed by atoms with Crippen molar-refractivity contribution in [3.63, 3.8) is 0 Å². The summed E-state index contributed by atoms with van der Waals surface area (Å²) in [6.45, 7) is 2.23. The van der Waals surface area contributed by atoms with Crippen molar-refractivity contribution in [3.05, 3.63) is 59.2 Å². The van der Waals surface area contributed by atoms with E-state index in [9.17, 15) is 9.59 Å². The molecule has 2 aromatic rings. The van der Waals surface area contributed by atoms with Crippen molar-refractivity contribution in [1.82, 2.24) is 0 Å². The van der Waals surface area contributed by atoms with E-state index in [2.05, 4.69) is 5.32 Å². The molecule has 0 radical (unpaired) electrons. The molecule has 0 saturated heterocycles. The van der Waals surface area contributed by atoms with Gasteiger partial charge < -0.3 is 10.1 Å². The number of benzene rings is 2. The Hall–Kier alpha value is -2.27. The summed E-state index contributed by atoms with van der Waals surface area (Å²) in [5.74, 6) is -0.0404. The van der Waals surface area contributed by atoms with Gasteiger partial charge in [0.25, 0.3) is 0 Å². The fourth-order valence-electron chi connectivity index (χ4n) is 2.24. The number of nitrogens with one attached hydrogen (secondary N) is 1. The van der Waals surface area contributed by atoms with Crippen molar-refractivity contribution in [2.45, 2.75) is 18.4 Å². The normalized spacial score (nSPS) is 13.2. The summed E-state index contributed by atoms with van der Waals surface area (Å²) in [7, 11) is 0. The molecule has 0 aromatic heterocycles. The second-order valence-electron chi connectivity index (χ2n) is 5.11. The molecule has 3 rings (SSSR count). The molecule has 1 aliphatic heterocycles. The first-order chi connectivity index (χ1) is 10.6. The number of ether oxygens (including phenoxy) is 1. The number of carbonyl (C=O) groups is 2. The number of thioether (sulfide) groups is 1. The lowest BCUT2D eigenvalue weighted by atomic mass is 10.1. The number of aryl methyl sites for hydroxylation is 1. The molecule has 1 N–H and O–H groups in total. The van der Waals surface area contributed by atoms with E-state index in [0.29, 0.717) is 17.0 Å². The summed E-state index contributed by atoms with van der Waals surface area (Å²) in [4.78, 5) is 24.5. The van der Waals surface area contributed by atoms with E-state index in [1.807, 2.05) is 37.3 Å². The fraction of sp³-hybridized carbons (Fsp3) is 0.176. The molecule has 0 spiro atoms. The average Bonchev–Trinajstić information content (AvgIpc) is 2.52. The summed E-state index contributed by atoms with van der Waals surface area (Å²) >= 11 is 1.46. The standard InChI is InChI=1S/C17H15NO3S/c1-11-3-2-4-12(7-11)9-21-17(20)13-5-6-15-14(8-13)18-16(19)10-22-15/h2-8H,9-10H2,1H3,(H,18,19). The van der Waals surface area contributed by atoms with Crippen LogP contribution < -0.4 is 5.32 Å². The van der Waals surface area contributed by atoms with Gasteiger partial charge in [-0.2, -0.15) is 0 Å². The van der Waals surface area contributed by atoms with E-state index < -0.39 is 5.97 Å². The van der Waals surface area contributed by atoms with Crippen molar-refractivity contribution in [2.24, 2.45) is 0 Å². The molecule has 1 heterocycles. The van der Waals surface area contributed by atoms with Crippen LogP contribution in [0.2, 0.25) is 0 Å². The predicted molar refractivity (Wildman–Crippen MR) is 86.1 cm³/mol. The summed E-state index contributed by atoms with van der Waals surface area (Å²) in [5, 5.41) is 2.77. The molecular weight excluding hydrogens is 298 g/mol. The first-order valence-electron chi connectivity index (χ1n) is 6.91. The molecule has 112 valence electrons. The van der Waals surface area contributed by atoms with Gasteiger partial charge in [0.15, 0.2) is 0 Å². The van der Waals surface area contributed by atoms with Crippen molar-refractivity contribution >= 4 is 29.3 Å². The first-order valence-corrected chi connectivity index (χ1v) is 7.90. The number of anilines is 1. The van der Waals surface area contributed by atoms with Crippen LogP contribution in [0.15, 0.2) is 47.4 Å². The summed E-state index contributed by atoms with van der Waals surface area (Å²) in [6, 6.07) is 13.1. The average molecular weight is 313 g/mol. The molecule has 0 unspecified atom stereocenters. The third-order valence-corrected chi connectivity index (χ3v) is 4.37. The largest absolute Gasteiger partial charge is 0.457 e. The Morgan fingerprint density at radius 3 is 2.95 bits per heavy atom. The van der Waals surface area contributed by atoms with E-state index in [-0.39, 0.29) is 12.5 Å². The lowest BCUT2D eigenvalue weighted by Crippen LogP contribution is -2.19. The highest BCUT2D eigenvalue weighted by Crippen LogP contribution is 2.32. The van der Waals surface area contributed by atoms with Crippen molar-refractivity contribution in [3.8, 4) is 0 Å². The van der Waals surface area contributed by atoms with Crippen molar-refractivity contribution < 1.29 is 14.3 Å². The van der Waals surface area contributed by atoms with Crippen LogP contribution in [0.5, 0.6) is 0 Å². The van der Waals surface area contributed by atoms with Gasteiger partial charge in [-0.1, -0.05) is 29.8 Å². The Bertz CT molecular complexity index is 742. The summed E-state index contributed by atoms with van der Waals surface area (Å²) in [6.07, 6.45) is 0. The summed E-state index contributed by atoms with van der Waals surface area (Å²) in [5.41, 5.74) is 3.19. The fourth-order valence-corrected chi connectivity index (χ4v) is 3.03. The van der Waals surface area contributed by atoms with Crippen molar-refractivity contribution in [1.29, 1.82) is 0 Å². The van der Waals surface area contributed by atoms with E-state index in [0.717, 1.165) is 16.0 Å². The van der Waals surface area contributed by atoms with Crippen LogP contribution in [0, 0.1) is 6.92 Å². The second-order valence-corrected chi connectivity index (χ2v) is 6.13. The number of fused-ring (bicyclic) bond motifs is 1. The number of amides is 1. The maximum Gasteiger partial charge on any atom is 0.338 e. The number of esters is 1. The van der Waals surface area contributed by atoms with Crippen LogP contribution in [0.3, 0.4) is 0 Å². The van der Waals surface area contributed by atoms with Gasteiger partial charge >= 0.3 is 5.97 Å². The molecule has 0 atom stereocenters. The van der Waals surface area contributed by atoms with Gasteiger partial charge in [0.05, 0.1) is 17.0 Å². The van der Waals surface area contributed by atoms with Crippen molar-refractivity contribution in [2.75, 3.05) is 11.1 Å². The van der Waals surface area contributed by atoms with Crippen LogP contribution >= 0.6 is 11.8 Å². The molecule has 5 heteroatoms. The van der Waals surface area contributed by atoms with Crippen LogP contribution in [-0.2, 0) is 16.1 Å². The Morgan fingerprint density at radius 2 is 2.14 bits per heavy atom. The first kappa shape index (κ1) is 14.7. The Kier molecular flexibility index (Phi) is 4.15. The third kappa shape index (κ3) is 3.31. The number of hydrogen-bond donors (Lipinski definition) is 1. The highest BCUT2D eigenvalue weighted by Gasteiger charge is 2.17. The van der Waals surface area contributed by atoms with Gasteiger partial charge in [-0.3, -0.25) is 4.79 Å². The van der Waals surface area contributed by atoms with Crippen LogP contribution in [0.4, 0.5) is 5.69 Å². The maximum absolute atomic E-state index is 12.1. The Morgan fingerprint density at radius 1 is 1.27 bits per heavy atom. The molecule has 0 fully saturated rings. The highest BCUT2D eigenvalue weighted by molar-refractivity contribution is 8.00. The molecule has 0 aliphatic carbocycles. The lowest BCUT2D eigenvalue weighted by Gasteiger charge is -2.16. The molecule has 4 nitrogen and oxygen atoms in total. The number of hydrogen-bond acceptors (Lipinski definition) is 4. The Labute approximate surface area is 132 Å². The molecule has 0 bridgehead atoms. The van der Waals surface area contributed by atoms with Crippen LogP contribution in [-0.4, -0.2) is 17.6 Å². The molecule has 0 saturated carbocycles. The third-order valence-electron chi connectivity index (χ3n) is 3.30.